The third-order valence-corrected chi connectivity index (χ3v) is 4.06. The lowest BCUT2D eigenvalue weighted by Gasteiger charge is -2.03. The lowest BCUT2D eigenvalue weighted by molar-refractivity contribution is 0.530. The molecular weight excluding hydrogens is 242 g/mol. The maximum absolute atomic E-state index is 5.48. The zero-order chi connectivity index (χ0) is 14.0. The van der Waals surface area contributed by atoms with Gasteiger partial charge in [0.2, 0.25) is 0 Å². The van der Waals surface area contributed by atoms with Crippen LogP contribution in [0, 0.1) is 0 Å². The Morgan fingerprint density at radius 3 is 0.950 bits per heavy atom. The van der Waals surface area contributed by atoms with Gasteiger partial charge < -0.3 is 5.73 Å². The molecule has 0 aliphatic rings. The molecule has 20 heavy (non-hydrogen) atoms. The average Bonchev–Trinajstić information content (AvgIpc) is 2.43. The van der Waals surface area contributed by atoms with Gasteiger partial charge in [0.15, 0.2) is 0 Å². The molecule has 1 heteroatoms. The number of hydrogen-bond acceptors (Lipinski definition) is 1. The Balaban J connectivity index is 0. The summed E-state index contributed by atoms with van der Waals surface area (Å²) >= 11 is 0. The van der Waals surface area contributed by atoms with E-state index in [1.54, 1.807) is 0 Å². The van der Waals surface area contributed by atoms with Gasteiger partial charge in [0, 0.05) is 0 Å². The van der Waals surface area contributed by atoms with Gasteiger partial charge in [0.05, 0.1) is 0 Å². The summed E-state index contributed by atoms with van der Waals surface area (Å²) in [6.07, 6.45) is 22.9. The van der Waals surface area contributed by atoms with E-state index >= 15 is 0 Å². The first kappa shape index (κ1) is 22.2. The van der Waals surface area contributed by atoms with Crippen LogP contribution in [0.2, 0.25) is 0 Å². The Morgan fingerprint density at radius 1 is 0.450 bits per heavy atom. The highest BCUT2D eigenvalue weighted by Gasteiger charge is 1.94. The summed E-state index contributed by atoms with van der Waals surface area (Å²) in [5, 5.41) is 0. The van der Waals surface area contributed by atoms with Gasteiger partial charge in [-0.1, -0.05) is 111 Å². The Morgan fingerprint density at radius 2 is 0.700 bits per heavy atom. The molecule has 0 radical (unpaired) electrons. The molecule has 0 spiro atoms. The summed E-state index contributed by atoms with van der Waals surface area (Å²) in [5.41, 5.74) is 5.48. The molecule has 0 aromatic carbocycles. The fraction of sp³-hybridized carbons (Fsp3) is 1.00. The van der Waals surface area contributed by atoms with Crippen LogP contribution in [-0.4, -0.2) is 6.54 Å². The van der Waals surface area contributed by atoms with Crippen molar-refractivity contribution in [3.8, 4) is 0 Å². The molecule has 0 atom stereocenters. The largest absolute Gasteiger partial charge is 0.330 e. The molecule has 0 heterocycles. The van der Waals surface area contributed by atoms with Crippen molar-refractivity contribution in [2.24, 2.45) is 5.73 Å². The topological polar surface area (TPSA) is 26.0 Å². The van der Waals surface area contributed by atoms with Gasteiger partial charge in [0.1, 0.15) is 0 Å². The molecule has 1 nitrogen and oxygen atoms in total. The molecule has 124 valence electrons. The first-order valence-electron chi connectivity index (χ1n) is 9.12. The highest BCUT2D eigenvalue weighted by molar-refractivity contribution is 4.49. The fourth-order valence-corrected chi connectivity index (χ4v) is 2.69. The molecule has 0 rings (SSSR count). The molecule has 2 N–H and O–H groups in total. The smallest absolute Gasteiger partial charge is 0.00773 e. The highest BCUT2D eigenvalue weighted by Crippen LogP contribution is 2.13. The molecule has 0 aromatic heterocycles. The molecule has 0 amide bonds. The Hall–Kier alpha value is -0.0400. The van der Waals surface area contributed by atoms with Crippen LogP contribution in [0.1, 0.15) is 117 Å². The molecular formula is C19H43N. The van der Waals surface area contributed by atoms with Crippen LogP contribution >= 0.6 is 0 Å². The number of unbranched alkanes of at least 4 members (excludes halogenated alkanes) is 15. The second-order valence-corrected chi connectivity index (χ2v) is 6.09. The van der Waals surface area contributed by atoms with E-state index in [9.17, 15) is 0 Å². The van der Waals surface area contributed by atoms with E-state index in [1.807, 2.05) is 0 Å². The molecule has 0 bridgehead atoms. The molecule has 0 saturated carbocycles. The lowest BCUT2D eigenvalue weighted by atomic mass is 10.0. The summed E-state index contributed by atoms with van der Waals surface area (Å²) in [6, 6.07) is 0. The van der Waals surface area contributed by atoms with Crippen molar-refractivity contribution in [2.75, 3.05) is 6.54 Å². The van der Waals surface area contributed by atoms with Crippen LogP contribution in [0.5, 0.6) is 0 Å². The summed E-state index contributed by atoms with van der Waals surface area (Å²) in [7, 11) is 0. The van der Waals surface area contributed by atoms with E-state index in [1.165, 1.54) is 103 Å². The van der Waals surface area contributed by atoms with Crippen LogP contribution in [0.25, 0.3) is 0 Å². The van der Waals surface area contributed by atoms with Gasteiger partial charge in [0.25, 0.3) is 0 Å². The predicted molar refractivity (Wildman–Crippen MR) is 95.3 cm³/mol. The molecule has 0 fully saturated rings. The van der Waals surface area contributed by atoms with Crippen molar-refractivity contribution >= 4 is 0 Å². The van der Waals surface area contributed by atoms with Gasteiger partial charge in [-0.3, -0.25) is 0 Å². The molecule has 0 aromatic rings. The van der Waals surface area contributed by atoms with Gasteiger partial charge in [-0.2, -0.15) is 0 Å². The van der Waals surface area contributed by atoms with Crippen molar-refractivity contribution in [1.82, 2.24) is 0 Å². The van der Waals surface area contributed by atoms with Crippen LogP contribution in [0.3, 0.4) is 0 Å². The molecule has 0 aliphatic carbocycles. The quantitative estimate of drug-likeness (QED) is 0.309. The third kappa shape index (κ3) is 20.3. The van der Waals surface area contributed by atoms with Crippen molar-refractivity contribution in [2.45, 2.75) is 117 Å². The first-order valence-corrected chi connectivity index (χ1v) is 9.12. The average molecular weight is 286 g/mol. The van der Waals surface area contributed by atoms with Gasteiger partial charge >= 0.3 is 0 Å². The van der Waals surface area contributed by atoms with Crippen molar-refractivity contribution in [3.63, 3.8) is 0 Å². The van der Waals surface area contributed by atoms with Crippen molar-refractivity contribution < 1.29 is 0 Å². The Kier molecular flexibility index (Phi) is 23.6. The third-order valence-electron chi connectivity index (χ3n) is 4.06. The normalized spacial score (nSPS) is 10.5. The monoisotopic (exact) mass is 285 g/mol. The SMILES string of the molecule is C.CCCCCCCCCCCCCCCCCCN. The van der Waals surface area contributed by atoms with Gasteiger partial charge in [-0.05, 0) is 13.0 Å². The van der Waals surface area contributed by atoms with E-state index in [4.69, 9.17) is 5.73 Å². The van der Waals surface area contributed by atoms with Crippen LogP contribution in [-0.2, 0) is 0 Å². The summed E-state index contributed by atoms with van der Waals surface area (Å²) in [6.45, 7) is 3.16. The minimum absolute atomic E-state index is 0. The van der Waals surface area contributed by atoms with Gasteiger partial charge in [-0.15, -0.1) is 0 Å². The predicted octanol–water partition coefficient (Wildman–Crippen LogP) is 6.84. The fourth-order valence-electron chi connectivity index (χ4n) is 2.69. The molecule has 0 unspecified atom stereocenters. The molecule has 0 saturated heterocycles. The summed E-state index contributed by atoms with van der Waals surface area (Å²) in [5.74, 6) is 0. The maximum Gasteiger partial charge on any atom is -0.00773 e. The maximum atomic E-state index is 5.48. The van der Waals surface area contributed by atoms with Crippen LogP contribution < -0.4 is 5.73 Å². The Bertz CT molecular complexity index is 129. The summed E-state index contributed by atoms with van der Waals surface area (Å²) < 4.78 is 0. The van der Waals surface area contributed by atoms with E-state index in [0.717, 1.165) is 6.54 Å². The van der Waals surface area contributed by atoms with Gasteiger partial charge in [-0.25, -0.2) is 0 Å². The Labute approximate surface area is 130 Å². The minimum Gasteiger partial charge on any atom is -0.330 e. The van der Waals surface area contributed by atoms with Crippen LogP contribution in [0.15, 0.2) is 0 Å². The summed E-state index contributed by atoms with van der Waals surface area (Å²) in [4.78, 5) is 0. The van der Waals surface area contributed by atoms with E-state index < -0.39 is 0 Å². The second kappa shape index (κ2) is 21.3. The zero-order valence-electron chi connectivity index (χ0n) is 13.6. The minimum atomic E-state index is 0. The number of rotatable bonds is 16. The van der Waals surface area contributed by atoms with Crippen molar-refractivity contribution in [1.29, 1.82) is 0 Å². The van der Waals surface area contributed by atoms with E-state index in [-0.39, 0.29) is 7.43 Å². The first-order chi connectivity index (χ1) is 9.41. The lowest BCUT2D eigenvalue weighted by Crippen LogP contribution is -1.97. The second-order valence-electron chi connectivity index (χ2n) is 6.09. The number of hydrogen-bond donors (Lipinski definition) is 1. The zero-order valence-corrected chi connectivity index (χ0v) is 13.6. The van der Waals surface area contributed by atoms with E-state index in [0.29, 0.717) is 0 Å². The molecule has 0 aliphatic heterocycles. The highest BCUT2D eigenvalue weighted by atomic mass is 14.5. The standard InChI is InChI=1S/C18H39N.CH4/c1-2-3-4-5-6-7-8-9-10-11-12-13-14-15-16-17-18-19;/h2-19H2,1H3;1H4. The van der Waals surface area contributed by atoms with E-state index in [2.05, 4.69) is 6.92 Å². The van der Waals surface area contributed by atoms with Crippen molar-refractivity contribution in [3.05, 3.63) is 0 Å². The number of nitrogens with two attached hydrogens (primary N) is 1. The van der Waals surface area contributed by atoms with Crippen LogP contribution in [0.4, 0.5) is 0 Å².